The summed E-state index contributed by atoms with van der Waals surface area (Å²) in [7, 11) is -1.78. The predicted octanol–water partition coefficient (Wildman–Crippen LogP) is 4.18. The lowest BCUT2D eigenvalue weighted by Gasteiger charge is -2.18. The van der Waals surface area contributed by atoms with Crippen molar-refractivity contribution < 1.29 is 13.2 Å². The summed E-state index contributed by atoms with van der Waals surface area (Å²) in [4.78, 5) is 13.2. The van der Waals surface area contributed by atoms with E-state index in [-0.39, 0.29) is 17.7 Å². The number of thiophene rings is 1. The van der Waals surface area contributed by atoms with Crippen LogP contribution in [0.3, 0.4) is 0 Å². The van der Waals surface area contributed by atoms with Gasteiger partial charge in [0.2, 0.25) is 10.0 Å². The van der Waals surface area contributed by atoms with Gasteiger partial charge in [-0.05, 0) is 49.1 Å². The molecule has 7 heteroatoms. The van der Waals surface area contributed by atoms with Crippen molar-refractivity contribution >= 4 is 43.0 Å². The lowest BCUT2D eigenvalue weighted by Crippen LogP contribution is -2.27. The van der Waals surface area contributed by atoms with Gasteiger partial charge in [0.25, 0.3) is 5.91 Å². The second-order valence-electron chi connectivity index (χ2n) is 6.31. The van der Waals surface area contributed by atoms with Crippen molar-refractivity contribution in [2.24, 2.45) is 0 Å². The molecule has 1 heterocycles. The Bertz CT molecular complexity index is 1060. The molecule has 0 spiro atoms. The number of hydrogen-bond donors (Lipinski definition) is 1. The third-order valence-electron chi connectivity index (χ3n) is 4.52. The Hall–Kier alpha value is -2.38. The van der Waals surface area contributed by atoms with Gasteiger partial charge >= 0.3 is 0 Å². The molecule has 0 radical (unpaired) electrons. The summed E-state index contributed by atoms with van der Waals surface area (Å²) in [6.45, 7) is 3.56. The van der Waals surface area contributed by atoms with Crippen LogP contribution >= 0.6 is 11.3 Å². The molecule has 1 aromatic heterocycles. The average molecular weight is 403 g/mol. The number of carbonyl (C=O) groups is 1. The highest BCUT2D eigenvalue weighted by molar-refractivity contribution is 7.92. The van der Waals surface area contributed by atoms with Gasteiger partial charge in [0, 0.05) is 11.7 Å². The Balaban J connectivity index is 1.83. The molecule has 1 atom stereocenters. The van der Waals surface area contributed by atoms with Gasteiger partial charge in [-0.3, -0.25) is 9.10 Å². The molecule has 1 amide bonds. The van der Waals surface area contributed by atoms with E-state index < -0.39 is 10.0 Å². The summed E-state index contributed by atoms with van der Waals surface area (Å²) in [5.41, 5.74) is 1.63. The van der Waals surface area contributed by atoms with Crippen LogP contribution in [-0.4, -0.2) is 27.1 Å². The summed E-state index contributed by atoms with van der Waals surface area (Å²) in [6, 6.07) is 16.9. The third-order valence-corrected chi connectivity index (χ3v) is 7.41. The first-order valence-electron chi connectivity index (χ1n) is 8.68. The molecule has 0 aliphatic rings. The number of rotatable bonds is 6. The number of fused-ring (bicyclic) bond motifs is 1. The van der Waals surface area contributed by atoms with Gasteiger partial charge in [-0.1, -0.05) is 30.3 Å². The van der Waals surface area contributed by atoms with Crippen LogP contribution in [0.15, 0.2) is 54.6 Å². The van der Waals surface area contributed by atoms with Crippen molar-refractivity contribution in [3.63, 3.8) is 0 Å². The molecule has 1 unspecified atom stereocenters. The van der Waals surface area contributed by atoms with Crippen molar-refractivity contribution in [2.45, 2.75) is 19.9 Å². The number of nitrogens with zero attached hydrogens (tertiary/aromatic N) is 1. The minimum atomic E-state index is -3.32. The minimum Gasteiger partial charge on any atom is -0.345 e. The number of carbonyl (C=O) groups excluding carboxylic acids is 1. The first kappa shape index (κ1) is 19.4. The second-order valence-corrected chi connectivity index (χ2v) is 9.68. The summed E-state index contributed by atoms with van der Waals surface area (Å²) >= 11 is 1.40. The molecule has 0 aliphatic heterocycles. The highest BCUT2D eigenvalue weighted by Gasteiger charge is 2.18. The monoisotopic (exact) mass is 402 g/mol. The van der Waals surface area contributed by atoms with E-state index in [9.17, 15) is 13.2 Å². The van der Waals surface area contributed by atoms with Crippen LogP contribution in [0.5, 0.6) is 0 Å². The zero-order chi connectivity index (χ0) is 19.6. The lowest BCUT2D eigenvalue weighted by molar-refractivity contribution is 0.0944. The molecule has 5 nitrogen and oxygen atoms in total. The van der Waals surface area contributed by atoms with Crippen LogP contribution < -0.4 is 9.62 Å². The topological polar surface area (TPSA) is 66.5 Å². The van der Waals surface area contributed by atoms with Crippen molar-refractivity contribution in [1.82, 2.24) is 5.32 Å². The first-order valence-corrected chi connectivity index (χ1v) is 11.1. The van der Waals surface area contributed by atoms with Gasteiger partial charge in [-0.15, -0.1) is 11.3 Å². The molecular weight excluding hydrogens is 380 g/mol. The van der Waals surface area contributed by atoms with Gasteiger partial charge in [-0.25, -0.2) is 8.42 Å². The van der Waals surface area contributed by atoms with Crippen LogP contribution in [0.4, 0.5) is 5.69 Å². The number of benzene rings is 2. The average Bonchev–Trinajstić information content (AvgIpc) is 3.11. The van der Waals surface area contributed by atoms with Gasteiger partial charge in [0.1, 0.15) is 0 Å². The Kier molecular flexibility index (Phi) is 5.53. The largest absolute Gasteiger partial charge is 0.345 e. The van der Waals surface area contributed by atoms with E-state index in [1.807, 2.05) is 49.4 Å². The maximum absolute atomic E-state index is 12.6. The van der Waals surface area contributed by atoms with Crippen molar-refractivity contribution in [1.29, 1.82) is 0 Å². The zero-order valence-electron chi connectivity index (χ0n) is 15.5. The van der Waals surface area contributed by atoms with Gasteiger partial charge in [0.15, 0.2) is 0 Å². The van der Waals surface area contributed by atoms with Crippen molar-refractivity contribution in [3.05, 3.63) is 65.0 Å². The van der Waals surface area contributed by atoms with E-state index in [0.29, 0.717) is 10.6 Å². The fourth-order valence-electron chi connectivity index (χ4n) is 2.79. The summed E-state index contributed by atoms with van der Waals surface area (Å²) in [6.07, 6.45) is 0. The van der Waals surface area contributed by atoms with Crippen LogP contribution in [0, 0.1) is 0 Å². The number of amides is 1. The number of hydrogen-bond acceptors (Lipinski definition) is 4. The quantitative estimate of drug-likeness (QED) is 0.673. The highest BCUT2D eigenvalue weighted by atomic mass is 32.2. The predicted molar refractivity (Wildman–Crippen MR) is 112 cm³/mol. The van der Waals surface area contributed by atoms with E-state index in [2.05, 4.69) is 5.32 Å². The highest BCUT2D eigenvalue weighted by Crippen LogP contribution is 2.30. The molecule has 3 rings (SSSR count). The van der Waals surface area contributed by atoms with Crippen LogP contribution in [0.1, 0.15) is 35.1 Å². The van der Waals surface area contributed by atoms with E-state index in [4.69, 9.17) is 0 Å². The Morgan fingerprint density at radius 3 is 2.52 bits per heavy atom. The zero-order valence-corrected chi connectivity index (χ0v) is 17.1. The number of sulfonamides is 1. The number of anilines is 1. The molecule has 2 aromatic carbocycles. The van der Waals surface area contributed by atoms with Crippen LogP contribution in [-0.2, 0) is 10.0 Å². The maximum Gasteiger partial charge on any atom is 0.261 e. The summed E-state index contributed by atoms with van der Waals surface area (Å²) in [5, 5.41) is 3.86. The molecule has 0 aliphatic carbocycles. The summed E-state index contributed by atoms with van der Waals surface area (Å²) < 4.78 is 26.4. The second kappa shape index (κ2) is 7.70. The molecule has 142 valence electrons. The Labute approximate surface area is 163 Å². The fraction of sp³-hybridized carbons (Fsp3) is 0.250. The van der Waals surface area contributed by atoms with Crippen molar-refractivity contribution in [2.75, 3.05) is 17.1 Å². The number of nitrogens with one attached hydrogen (secondary N) is 1. The first-order chi connectivity index (χ1) is 12.8. The van der Waals surface area contributed by atoms with Gasteiger partial charge in [-0.2, -0.15) is 0 Å². The van der Waals surface area contributed by atoms with E-state index >= 15 is 0 Å². The Morgan fingerprint density at radius 2 is 1.85 bits per heavy atom. The standard InChI is InChI=1S/C20H22N2O3S2/c1-4-27(24,25)22(3)17-10-11-18-16(12-17)13-19(26-18)20(23)21-14(2)15-8-6-5-7-9-15/h5-14H,4H2,1-3H3,(H,21,23). The molecular formula is C20H22N2O3S2. The molecule has 0 saturated heterocycles. The minimum absolute atomic E-state index is 0.0379. The molecule has 1 N–H and O–H groups in total. The molecule has 3 aromatic rings. The van der Waals surface area contributed by atoms with Crippen LogP contribution in [0.2, 0.25) is 0 Å². The molecule has 0 saturated carbocycles. The molecule has 27 heavy (non-hydrogen) atoms. The fourth-order valence-corrected chi connectivity index (χ4v) is 4.55. The molecule has 0 bridgehead atoms. The van der Waals surface area contributed by atoms with E-state index in [1.165, 1.54) is 15.6 Å². The normalized spacial score (nSPS) is 12.7. The Morgan fingerprint density at radius 1 is 1.15 bits per heavy atom. The van der Waals surface area contributed by atoms with Crippen LogP contribution in [0.25, 0.3) is 10.1 Å². The van der Waals surface area contributed by atoms with Crippen molar-refractivity contribution in [3.8, 4) is 0 Å². The maximum atomic E-state index is 12.6. The smallest absolute Gasteiger partial charge is 0.261 e. The van der Waals surface area contributed by atoms with Gasteiger partial charge in [0.05, 0.1) is 22.4 Å². The summed E-state index contributed by atoms with van der Waals surface area (Å²) in [5.74, 6) is -0.0976. The molecule has 0 fully saturated rings. The third kappa shape index (κ3) is 4.14. The SMILES string of the molecule is CCS(=O)(=O)N(C)c1ccc2sc(C(=O)NC(C)c3ccccc3)cc2c1. The van der Waals surface area contributed by atoms with E-state index in [0.717, 1.165) is 15.6 Å². The lowest BCUT2D eigenvalue weighted by atomic mass is 10.1. The van der Waals surface area contributed by atoms with Gasteiger partial charge < -0.3 is 5.32 Å². The van der Waals surface area contributed by atoms with E-state index in [1.54, 1.807) is 26.1 Å².